The molecule has 7 nitrogen and oxygen atoms in total. The van der Waals surface area contributed by atoms with Gasteiger partial charge in [-0.15, -0.1) is 0 Å². The summed E-state index contributed by atoms with van der Waals surface area (Å²) in [4.78, 5) is 33.9. The molecule has 1 aromatic rings. The zero-order chi connectivity index (χ0) is 17.3. The summed E-state index contributed by atoms with van der Waals surface area (Å²) in [7, 11) is 0. The number of H-pyrrole nitrogens is 1. The molecule has 120 valence electrons. The number of hydrogen-bond donors (Lipinski definition) is 3. The van der Waals surface area contributed by atoms with Crippen molar-refractivity contribution in [1.29, 1.82) is 0 Å². The molecule has 0 aromatic carbocycles. The molecule has 1 aromatic heterocycles. The number of aromatic amines is 1. The third kappa shape index (κ3) is 13.6. The van der Waals surface area contributed by atoms with Crippen molar-refractivity contribution in [3.8, 4) is 0 Å². The van der Waals surface area contributed by atoms with E-state index >= 15 is 0 Å². The zero-order valence-corrected chi connectivity index (χ0v) is 9.57. The number of aromatic nitrogens is 2. The number of alkyl halides is 6. The van der Waals surface area contributed by atoms with Crippen molar-refractivity contribution in [2.45, 2.75) is 12.4 Å². The van der Waals surface area contributed by atoms with Gasteiger partial charge in [-0.1, -0.05) is 0 Å². The van der Waals surface area contributed by atoms with Crippen LogP contribution in [0.1, 0.15) is 0 Å². The van der Waals surface area contributed by atoms with E-state index < -0.39 is 24.3 Å². The summed E-state index contributed by atoms with van der Waals surface area (Å²) in [6.45, 7) is 0. The van der Waals surface area contributed by atoms with E-state index in [2.05, 4.69) is 9.97 Å². The van der Waals surface area contributed by atoms with Gasteiger partial charge in [0.2, 0.25) is 0 Å². The number of carbonyl (C=O) groups is 2. The predicted octanol–water partition coefficient (Wildman–Crippen LogP) is 1.04. The summed E-state index contributed by atoms with van der Waals surface area (Å²) in [5.41, 5.74) is -0.164. The Morgan fingerprint density at radius 1 is 1.00 bits per heavy atom. The quantitative estimate of drug-likeness (QED) is 0.613. The lowest BCUT2D eigenvalue weighted by Gasteiger charge is -1.93. The lowest BCUT2D eigenvalue weighted by Crippen LogP contribution is -2.21. The summed E-state index contributed by atoms with van der Waals surface area (Å²) in [5, 5.41) is 14.2. The Morgan fingerprint density at radius 2 is 1.33 bits per heavy atom. The van der Waals surface area contributed by atoms with Crippen molar-refractivity contribution in [3.63, 3.8) is 0 Å². The Bertz CT molecular complexity index is 467. The Morgan fingerprint density at radius 3 is 1.43 bits per heavy atom. The van der Waals surface area contributed by atoms with Crippen molar-refractivity contribution in [3.05, 3.63) is 28.9 Å². The monoisotopic (exact) mass is 324 g/mol. The second kappa shape index (κ2) is 8.55. The molecule has 13 heteroatoms. The first-order valence-corrected chi connectivity index (χ1v) is 4.37. The minimum Gasteiger partial charge on any atom is -0.475 e. The largest absolute Gasteiger partial charge is 0.490 e. The maximum Gasteiger partial charge on any atom is 0.490 e. The minimum absolute atomic E-state index is 0.164. The molecular weight excluding hydrogens is 318 g/mol. The van der Waals surface area contributed by atoms with E-state index in [-0.39, 0.29) is 5.56 Å². The third-order valence-corrected chi connectivity index (χ3v) is 1.06. The molecule has 1 heterocycles. The van der Waals surface area contributed by atoms with Crippen LogP contribution in [0.5, 0.6) is 0 Å². The molecule has 0 aliphatic rings. The Labute approximate surface area is 110 Å². The maximum absolute atomic E-state index is 10.6. The Hall–Kier alpha value is -2.60. The third-order valence-electron chi connectivity index (χ3n) is 1.06. The molecule has 0 unspecified atom stereocenters. The smallest absolute Gasteiger partial charge is 0.475 e. The number of halogens is 6. The van der Waals surface area contributed by atoms with Crippen LogP contribution in [0, 0.1) is 0 Å². The molecule has 0 aliphatic carbocycles. The molecule has 0 spiro atoms. The summed E-state index contributed by atoms with van der Waals surface area (Å²) in [5.74, 6) is -5.51. The van der Waals surface area contributed by atoms with E-state index in [1.807, 2.05) is 0 Å². The summed E-state index contributed by atoms with van der Waals surface area (Å²) in [6, 6.07) is 0. The van der Waals surface area contributed by atoms with Crippen LogP contribution in [0.2, 0.25) is 0 Å². The van der Waals surface area contributed by atoms with Gasteiger partial charge in [-0.3, -0.25) is 9.78 Å². The van der Waals surface area contributed by atoms with Crippen molar-refractivity contribution < 1.29 is 46.1 Å². The van der Waals surface area contributed by atoms with Crippen LogP contribution in [0.3, 0.4) is 0 Å². The number of aliphatic carboxylic acids is 2. The molecule has 0 aliphatic heterocycles. The van der Waals surface area contributed by atoms with Crippen molar-refractivity contribution in [2.75, 3.05) is 0 Å². The van der Waals surface area contributed by atoms with Crippen molar-refractivity contribution in [2.24, 2.45) is 0 Å². The number of carboxylic acids is 2. The van der Waals surface area contributed by atoms with Crippen LogP contribution in [0.25, 0.3) is 0 Å². The second-order valence-electron chi connectivity index (χ2n) is 2.71. The highest BCUT2D eigenvalue weighted by molar-refractivity contribution is 5.73. The topological polar surface area (TPSA) is 120 Å². The van der Waals surface area contributed by atoms with E-state index in [1.165, 1.54) is 18.6 Å². The van der Waals surface area contributed by atoms with Gasteiger partial charge in [0.25, 0.3) is 5.56 Å². The average molecular weight is 324 g/mol. The van der Waals surface area contributed by atoms with E-state index in [0.717, 1.165) is 0 Å². The summed E-state index contributed by atoms with van der Waals surface area (Å²) < 4.78 is 63.5. The molecule has 1 rings (SSSR count). The van der Waals surface area contributed by atoms with Crippen LogP contribution in [0.4, 0.5) is 26.3 Å². The average Bonchev–Trinajstić information content (AvgIpc) is 2.28. The fourth-order valence-corrected chi connectivity index (χ4v) is 0.310. The summed E-state index contributed by atoms with van der Waals surface area (Å²) in [6.07, 6.45) is -5.94. The van der Waals surface area contributed by atoms with Gasteiger partial charge >= 0.3 is 24.3 Å². The van der Waals surface area contributed by atoms with Gasteiger partial charge in [-0.05, 0) is 0 Å². The van der Waals surface area contributed by atoms with E-state index in [0.29, 0.717) is 0 Å². The fraction of sp³-hybridized carbons (Fsp3) is 0.250. The van der Waals surface area contributed by atoms with Crippen molar-refractivity contribution >= 4 is 11.9 Å². The van der Waals surface area contributed by atoms with Crippen LogP contribution >= 0.6 is 0 Å². The SMILES string of the molecule is O=C(O)C(F)(F)F.O=C(O)C(F)(F)F.O=c1cncc[nH]1. The lowest BCUT2D eigenvalue weighted by molar-refractivity contribution is -0.193. The van der Waals surface area contributed by atoms with Gasteiger partial charge in [0.05, 0.1) is 6.20 Å². The molecular formula is C8H6F6N2O5. The molecule has 21 heavy (non-hydrogen) atoms. The zero-order valence-electron chi connectivity index (χ0n) is 9.57. The number of carboxylic acid groups (broad SMARTS) is 2. The van der Waals surface area contributed by atoms with Gasteiger partial charge in [0, 0.05) is 12.4 Å². The van der Waals surface area contributed by atoms with Gasteiger partial charge in [0.15, 0.2) is 0 Å². The standard InChI is InChI=1S/C4H4N2O.2C2HF3O2/c7-4-3-5-1-2-6-4;2*3-2(4,5)1(6)7/h1-3H,(H,6,7);2*(H,6,7). The van der Waals surface area contributed by atoms with Crippen LogP contribution in [0.15, 0.2) is 23.4 Å². The first-order chi connectivity index (χ1) is 9.28. The predicted molar refractivity (Wildman–Crippen MR) is 52.2 cm³/mol. The number of nitrogens with zero attached hydrogens (tertiary/aromatic N) is 1. The van der Waals surface area contributed by atoms with Crippen LogP contribution < -0.4 is 5.56 Å². The number of hydrogen-bond acceptors (Lipinski definition) is 4. The highest BCUT2D eigenvalue weighted by Crippen LogP contribution is 2.13. The molecule has 3 N–H and O–H groups in total. The first kappa shape index (κ1) is 20.7. The first-order valence-electron chi connectivity index (χ1n) is 4.37. The highest BCUT2D eigenvalue weighted by atomic mass is 19.4. The Balaban J connectivity index is 0. The maximum atomic E-state index is 10.6. The van der Waals surface area contributed by atoms with E-state index in [1.54, 1.807) is 0 Å². The molecule has 0 atom stereocenters. The molecule has 0 radical (unpaired) electrons. The molecule has 0 saturated heterocycles. The number of rotatable bonds is 0. The molecule has 0 saturated carbocycles. The highest BCUT2D eigenvalue weighted by Gasteiger charge is 2.38. The molecule has 0 amide bonds. The fourth-order valence-electron chi connectivity index (χ4n) is 0.310. The number of nitrogens with one attached hydrogen (secondary N) is 1. The van der Waals surface area contributed by atoms with Gasteiger partial charge in [-0.2, -0.15) is 26.3 Å². The van der Waals surface area contributed by atoms with Gasteiger partial charge in [-0.25, -0.2) is 9.59 Å². The van der Waals surface area contributed by atoms with E-state index in [9.17, 15) is 31.1 Å². The van der Waals surface area contributed by atoms with Gasteiger partial charge in [0.1, 0.15) is 0 Å². The normalized spacial score (nSPS) is 10.4. The Kier molecular flexibility index (Phi) is 8.43. The van der Waals surface area contributed by atoms with Crippen molar-refractivity contribution in [1.82, 2.24) is 9.97 Å². The van der Waals surface area contributed by atoms with Crippen LogP contribution in [-0.4, -0.2) is 44.5 Å². The minimum atomic E-state index is -5.08. The second-order valence-corrected chi connectivity index (χ2v) is 2.71. The summed E-state index contributed by atoms with van der Waals surface area (Å²) >= 11 is 0. The molecule has 0 bridgehead atoms. The molecule has 0 fully saturated rings. The van der Waals surface area contributed by atoms with Crippen LogP contribution in [-0.2, 0) is 9.59 Å². The van der Waals surface area contributed by atoms with E-state index in [4.69, 9.17) is 19.8 Å². The van der Waals surface area contributed by atoms with Gasteiger partial charge < -0.3 is 15.2 Å². The lowest BCUT2D eigenvalue weighted by atomic mass is 10.7.